The molecule has 0 aliphatic rings. The highest BCUT2D eigenvalue weighted by Gasteiger charge is 2.31. The largest absolute Gasteiger partial charge is 0.416 e. The molecule has 188 valence electrons. The van der Waals surface area contributed by atoms with E-state index in [4.69, 9.17) is 5.26 Å². The molecule has 0 radical (unpaired) electrons. The van der Waals surface area contributed by atoms with Crippen molar-refractivity contribution in [3.63, 3.8) is 0 Å². The number of aromatic nitrogens is 1. The third-order valence-corrected chi connectivity index (χ3v) is 5.78. The summed E-state index contributed by atoms with van der Waals surface area (Å²) in [5, 5.41) is 11.8. The van der Waals surface area contributed by atoms with E-state index in [-0.39, 0.29) is 23.2 Å². The van der Waals surface area contributed by atoms with Crippen LogP contribution in [0, 0.1) is 18.3 Å². The smallest absolute Gasteiger partial charge is 0.352 e. The van der Waals surface area contributed by atoms with Gasteiger partial charge in [-0.15, -0.1) is 0 Å². The molecule has 0 bridgehead atoms. The standard InChI is InChI=1S/C27H27F3N4O2/c1-18-24(21-6-4-7-22(14-21)27(28,29)30)25(35)23(26(36)32-12-5-13-33(2)3)17-34(18)16-20-10-8-19(15-31)9-11-20/h4,6-11,14,17H,5,12-13,16H2,1-3H3,(H,32,36). The second-order valence-corrected chi connectivity index (χ2v) is 8.76. The zero-order valence-corrected chi connectivity index (χ0v) is 20.3. The minimum Gasteiger partial charge on any atom is -0.352 e. The van der Waals surface area contributed by atoms with E-state index in [9.17, 15) is 22.8 Å². The summed E-state index contributed by atoms with van der Waals surface area (Å²) >= 11 is 0. The van der Waals surface area contributed by atoms with Crippen LogP contribution in [0.4, 0.5) is 13.2 Å². The molecule has 0 saturated carbocycles. The van der Waals surface area contributed by atoms with Crippen LogP contribution in [0.1, 0.15) is 39.2 Å². The number of nitrogens with one attached hydrogen (secondary N) is 1. The number of pyridine rings is 1. The fraction of sp³-hybridized carbons (Fsp3) is 0.296. The van der Waals surface area contributed by atoms with E-state index in [1.165, 1.54) is 18.3 Å². The van der Waals surface area contributed by atoms with Crippen molar-refractivity contribution in [2.45, 2.75) is 26.1 Å². The number of benzene rings is 2. The second kappa shape index (κ2) is 11.2. The average molecular weight is 497 g/mol. The van der Waals surface area contributed by atoms with E-state index >= 15 is 0 Å². The Morgan fingerprint density at radius 3 is 2.44 bits per heavy atom. The lowest BCUT2D eigenvalue weighted by atomic mass is 9.98. The van der Waals surface area contributed by atoms with Crippen molar-refractivity contribution in [3.05, 3.63) is 92.9 Å². The highest BCUT2D eigenvalue weighted by Crippen LogP contribution is 2.32. The number of carbonyl (C=O) groups is 1. The Labute approximate surface area is 207 Å². The van der Waals surface area contributed by atoms with E-state index in [1.807, 2.05) is 25.1 Å². The average Bonchev–Trinajstić information content (AvgIpc) is 2.83. The van der Waals surface area contributed by atoms with Crippen LogP contribution < -0.4 is 10.7 Å². The maximum absolute atomic E-state index is 13.4. The minimum atomic E-state index is -4.58. The van der Waals surface area contributed by atoms with Gasteiger partial charge in [0.15, 0.2) is 0 Å². The van der Waals surface area contributed by atoms with Crippen LogP contribution in [0.2, 0.25) is 0 Å². The Kier molecular flexibility index (Phi) is 8.33. The van der Waals surface area contributed by atoms with Gasteiger partial charge in [-0.2, -0.15) is 18.4 Å². The number of rotatable bonds is 8. The minimum absolute atomic E-state index is 0.0377. The first-order valence-corrected chi connectivity index (χ1v) is 11.3. The molecule has 3 aromatic rings. The van der Waals surface area contributed by atoms with Gasteiger partial charge in [0.2, 0.25) is 5.43 Å². The van der Waals surface area contributed by atoms with Gasteiger partial charge in [0.1, 0.15) is 5.56 Å². The van der Waals surface area contributed by atoms with E-state index in [0.717, 1.165) is 24.2 Å². The van der Waals surface area contributed by atoms with Gasteiger partial charge in [-0.3, -0.25) is 9.59 Å². The van der Waals surface area contributed by atoms with Gasteiger partial charge < -0.3 is 14.8 Å². The summed E-state index contributed by atoms with van der Waals surface area (Å²) in [6.45, 7) is 2.98. The van der Waals surface area contributed by atoms with Gasteiger partial charge in [0, 0.05) is 30.5 Å². The molecule has 0 fully saturated rings. The number of alkyl halides is 3. The molecule has 0 atom stereocenters. The van der Waals surface area contributed by atoms with Crippen molar-refractivity contribution in [2.24, 2.45) is 0 Å². The van der Waals surface area contributed by atoms with Gasteiger partial charge in [-0.25, -0.2) is 0 Å². The second-order valence-electron chi connectivity index (χ2n) is 8.76. The highest BCUT2D eigenvalue weighted by atomic mass is 19.4. The molecule has 36 heavy (non-hydrogen) atoms. The van der Waals surface area contributed by atoms with E-state index in [2.05, 4.69) is 5.32 Å². The lowest BCUT2D eigenvalue weighted by Crippen LogP contribution is -2.33. The zero-order valence-electron chi connectivity index (χ0n) is 20.3. The predicted molar refractivity (Wildman–Crippen MR) is 132 cm³/mol. The molecule has 6 nitrogen and oxygen atoms in total. The number of hydrogen-bond donors (Lipinski definition) is 1. The Bertz CT molecular complexity index is 1340. The van der Waals surface area contributed by atoms with Crippen molar-refractivity contribution < 1.29 is 18.0 Å². The van der Waals surface area contributed by atoms with Crippen molar-refractivity contribution >= 4 is 5.91 Å². The fourth-order valence-electron chi connectivity index (χ4n) is 3.84. The van der Waals surface area contributed by atoms with Crippen LogP contribution in [0.3, 0.4) is 0 Å². The van der Waals surface area contributed by atoms with Crippen molar-refractivity contribution in [3.8, 4) is 17.2 Å². The lowest BCUT2D eigenvalue weighted by Gasteiger charge is -2.18. The Morgan fingerprint density at radius 2 is 1.83 bits per heavy atom. The van der Waals surface area contributed by atoms with Crippen LogP contribution in [-0.2, 0) is 12.7 Å². The Hall–Kier alpha value is -3.90. The maximum Gasteiger partial charge on any atom is 0.416 e. The van der Waals surface area contributed by atoms with Crippen LogP contribution in [0.25, 0.3) is 11.1 Å². The van der Waals surface area contributed by atoms with E-state index in [1.54, 1.807) is 35.8 Å². The summed E-state index contributed by atoms with van der Waals surface area (Å²) < 4.78 is 41.8. The molecule has 3 rings (SSSR count). The normalized spacial score (nSPS) is 11.4. The summed E-state index contributed by atoms with van der Waals surface area (Å²) in [6.07, 6.45) is -2.47. The summed E-state index contributed by atoms with van der Waals surface area (Å²) in [5.74, 6) is -0.583. The molecule has 9 heteroatoms. The molecule has 0 saturated heterocycles. The molecule has 1 aromatic heterocycles. The van der Waals surface area contributed by atoms with Crippen LogP contribution in [0.15, 0.2) is 59.5 Å². The Morgan fingerprint density at radius 1 is 1.14 bits per heavy atom. The Balaban J connectivity index is 2.09. The summed E-state index contributed by atoms with van der Waals surface area (Å²) in [6, 6.07) is 13.4. The van der Waals surface area contributed by atoms with Gasteiger partial charge in [-0.05, 0) is 69.4 Å². The fourth-order valence-corrected chi connectivity index (χ4v) is 3.84. The third kappa shape index (κ3) is 6.40. The third-order valence-electron chi connectivity index (χ3n) is 5.78. The zero-order chi connectivity index (χ0) is 26.5. The van der Waals surface area contributed by atoms with Crippen LogP contribution >= 0.6 is 0 Å². The highest BCUT2D eigenvalue weighted by molar-refractivity contribution is 5.95. The number of hydrogen-bond acceptors (Lipinski definition) is 4. The van der Waals surface area contributed by atoms with Gasteiger partial charge in [0.25, 0.3) is 5.91 Å². The first-order valence-electron chi connectivity index (χ1n) is 11.3. The lowest BCUT2D eigenvalue weighted by molar-refractivity contribution is -0.137. The monoisotopic (exact) mass is 496 g/mol. The molecule has 1 amide bonds. The van der Waals surface area contributed by atoms with E-state index < -0.39 is 23.1 Å². The topological polar surface area (TPSA) is 78.1 Å². The van der Waals surface area contributed by atoms with Gasteiger partial charge in [-0.1, -0.05) is 24.3 Å². The molecule has 0 aliphatic carbocycles. The van der Waals surface area contributed by atoms with Crippen molar-refractivity contribution in [1.29, 1.82) is 5.26 Å². The molecule has 0 spiro atoms. The molecule has 2 aromatic carbocycles. The van der Waals surface area contributed by atoms with Gasteiger partial charge in [0.05, 0.1) is 17.2 Å². The quantitative estimate of drug-likeness (QED) is 0.468. The van der Waals surface area contributed by atoms with Crippen molar-refractivity contribution in [1.82, 2.24) is 14.8 Å². The number of carbonyl (C=O) groups excluding carboxylic acids is 1. The molecule has 1 heterocycles. The summed E-state index contributed by atoms with van der Waals surface area (Å²) in [5.41, 5.74) is 0.174. The molecule has 1 N–H and O–H groups in total. The first kappa shape index (κ1) is 26.7. The molecular weight excluding hydrogens is 469 g/mol. The summed E-state index contributed by atoms with van der Waals surface area (Å²) in [4.78, 5) is 28.4. The number of halogens is 3. The molecule has 0 unspecified atom stereocenters. The SMILES string of the molecule is Cc1c(-c2cccc(C(F)(F)F)c2)c(=O)c(C(=O)NCCCN(C)C)cn1Cc1ccc(C#N)cc1. The molecular formula is C27H27F3N4O2. The van der Waals surface area contributed by atoms with Crippen LogP contribution in [0.5, 0.6) is 0 Å². The summed E-state index contributed by atoms with van der Waals surface area (Å²) in [7, 11) is 3.82. The molecule has 0 aliphatic heterocycles. The first-order chi connectivity index (χ1) is 17.0. The number of nitrogens with zero attached hydrogens (tertiary/aromatic N) is 3. The maximum atomic E-state index is 13.4. The predicted octanol–water partition coefficient (Wildman–Crippen LogP) is 4.44. The number of nitriles is 1. The van der Waals surface area contributed by atoms with Gasteiger partial charge >= 0.3 is 6.18 Å². The van der Waals surface area contributed by atoms with Crippen molar-refractivity contribution in [2.75, 3.05) is 27.2 Å². The van der Waals surface area contributed by atoms with E-state index in [0.29, 0.717) is 24.2 Å². The van der Waals surface area contributed by atoms with Crippen LogP contribution in [-0.4, -0.2) is 42.6 Å². The number of amides is 1.